The molecule has 0 aromatic heterocycles. The highest BCUT2D eigenvalue weighted by Crippen LogP contribution is 2.63. The Morgan fingerprint density at radius 3 is 2.12 bits per heavy atom. The third-order valence-electron chi connectivity index (χ3n) is 9.36. The van der Waals surface area contributed by atoms with Gasteiger partial charge >= 0.3 is 0 Å². The molecule has 3 amide bonds. The van der Waals surface area contributed by atoms with Gasteiger partial charge in [-0.3, -0.25) is 14.4 Å². The SMILES string of the molecule is O=C(Cc1ccccc1)N/N=C\C12c3ccccc3C(c3ccccc31)[C@@H]1C(=O)N(c3cccc4ccccc34)C(=O)[C@H]12. The molecule has 0 unspecified atom stereocenters. The topological polar surface area (TPSA) is 78.8 Å². The number of hydrogen-bond acceptors (Lipinski definition) is 4. The molecule has 9 rings (SSSR count). The number of benzene rings is 5. The number of anilines is 1. The van der Waals surface area contributed by atoms with Crippen LogP contribution in [0, 0.1) is 11.8 Å². The molecule has 3 aliphatic carbocycles. The second-order valence-electron chi connectivity index (χ2n) is 11.5. The highest BCUT2D eigenvalue weighted by atomic mass is 16.2. The molecule has 1 fully saturated rings. The number of rotatable bonds is 5. The van der Waals surface area contributed by atoms with Crippen molar-refractivity contribution >= 4 is 40.4 Å². The predicted octanol–water partition coefficient (Wildman–Crippen LogP) is 5.74. The minimum absolute atomic E-state index is 0.179. The van der Waals surface area contributed by atoms with Gasteiger partial charge in [-0.1, -0.05) is 115 Å². The van der Waals surface area contributed by atoms with E-state index in [0.29, 0.717) is 5.69 Å². The van der Waals surface area contributed by atoms with Gasteiger partial charge in [-0.2, -0.15) is 5.10 Å². The van der Waals surface area contributed by atoms with Gasteiger partial charge in [-0.25, -0.2) is 10.3 Å². The van der Waals surface area contributed by atoms with Crippen molar-refractivity contribution in [2.45, 2.75) is 17.8 Å². The van der Waals surface area contributed by atoms with Gasteiger partial charge in [-0.05, 0) is 39.3 Å². The van der Waals surface area contributed by atoms with Crippen LogP contribution in [0.15, 0.2) is 126 Å². The minimum atomic E-state index is -1.04. The lowest BCUT2D eigenvalue weighted by Gasteiger charge is -2.52. The summed E-state index contributed by atoms with van der Waals surface area (Å²) in [7, 11) is 0. The second-order valence-corrected chi connectivity index (χ2v) is 11.5. The summed E-state index contributed by atoms with van der Waals surface area (Å²) in [5, 5.41) is 6.33. The Morgan fingerprint density at radius 1 is 0.744 bits per heavy atom. The smallest absolute Gasteiger partial charge is 0.244 e. The molecule has 208 valence electrons. The number of carbonyl (C=O) groups is 3. The van der Waals surface area contributed by atoms with E-state index < -0.39 is 17.3 Å². The van der Waals surface area contributed by atoms with Crippen LogP contribution in [0.3, 0.4) is 0 Å². The Balaban J connectivity index is 1.28. The van der Waals surface area contributed by atoms with Gasteiger partial charge in [0.2, 0.25) is 17.7 Å². The van der Waals surface area contributed by atoms with Gasteiger partial charge in [0.25, 0.3) is 0 Å². The number of nitrogens with zero attached hydrogens (tertiary/aromatic N) is 2. The zero-order chi connectivity index (χ0) is 29.1. The second kappa shape index (κ2) is 9.60. The van der Waals surface area contributed by atoms with Gasteiger partial charge in [0, 0.05) is 17.5 Å². The molecular formula is C37H27N3O3. The molecule has 1 N–H and O–H groups in total. The largest absolute Gasteiger partial charge is 0.274 e. The lowest BCUT2D eigenvalue weighted by atomic mass is 9.47. The normalized spacial score (nSPS) is 23.3. The van der Waals surface area contributed by atoms with Crippen molar-refractivity contribution in [2.75, 3.05) is 4.90 Å². The van der Waals surface area contributed by atoms with Crippen LogP contribution < -0.4 is 10.3 Å². The number of carbonyl (C=O) groups excluding carboxylic acids is 3. The standard InChI is InChI=1S/C37H27N3O3/c41-31(21-23-11-2-1-3-12-23)39-38-22-37-28-18-8-6-16-26(28)32(27-17-7-9-19-29(27)37)33-34(37)36(43)40(35(33)42)30-20-10-14-24-13-4-5-15-25(24)30/h1-20,22,32-34H,21H2,(H,39,41)/b38-22-/t32?,33-,34-,37?/m0/s1. The van der Waals surface area contributed by atoms with Crippen LogP contribution in [-0.4, -0.2) is 23.9 Å². The summed E-state index contributed by atoms with van der Waals surface area (Å²) in [6.07, 6.45) is 1.89. The number of hydrogen-bond donors (Lipinski definition) is 1. The molecule has 1 saturated heterocycles. The van der Waals surface area contributed by atoms with Gasteiger partial charge in [0.15, 0.2) is 0 Å². The van der Waals surface area contributed by atoms with Crippen molar-refractivity contribution < 1.29 is 14.4 Å². The number of hydrazone groups is 1. The summed E-state index contributed by atoms with van der Waals surface area (Å²) in [5.41, 5.74) is 7.07. The van der Waals surface area contributed by atoms with Crippen molar-refractivity contribution in [1.29, 1.82) is 0 Å². The third kappa shape index (κ3) is 3.59. The first kappa shape index (κ1) is 25.4. The van der Waals surface area contributed by atoms with Crippen molar-refractivity contribution in [2.24, 2.45) is 16.9 Å². The highest BCUT2D eigenvalue weighted by Gasteiger charge is 2.68. The lowest BCUT2D eigenvalue weighted by Crippen LogP contribution is -2.54. The maximum absolute atomic E-state index is 14.7. The summed E-state index contributed by atoms with van der Waals surface area (Å²) in [6.45, 7) is 0. The first-order valence-corrected chi connectivity index (χ1v) is 14.5. The van der Waals surface area contributed by atoms with Crippen molar-refractivity contribution in [3.63, 3.8) is 0 Å². The van der Waals surface area contributed by atoms with Gasteiger partial charge in [0.05, 0.1) is 29.4 Å². The molecule has 0 radical (unpaired) electrons. The van der Waals surface area contributed by atoms with Gasteiger partial charge in [0.1, 0.15) is 0 Å². The number of imide groups is 1. The average Bonchev–Trinajstić information content (AvgIpc) is 3.31. The molecule has 5 aromatic carbocycles. The summed E-state index contributed by atoms with van der Waals surface area (Å²) in [5.74, 6) is -2.30. The molecule has 2 atom stereocenters. The van der Waals surface area contributed by atoms with Crippen LogP contribution >= 0.6 is 0 Å². The molecule has 4 aliphatic rings. The van der Waals surface area contributed by atoms with Gasteiger partial charge < -0.3 is 0 Å². The lowest BCUT2D eigenvalue weighted by molar-refractivity contribution is -0.123. The van der Waals surface area contributed by atoms with Gasteiger partial charge in [-0.15, -0.1) is 0 Å². The van der Waals surface area contributed by atoms with Crippen molar-refractivity contribution in [3.05, 3.63) is 149 Å². The zero-order valence-corrected chi connectivity index (χ0v) is 23.2. The maximum Gasteiger partial charge on any atom is 0.244 e. The molecule has 6 nitrogen and oxygen atoms in total. The molecule has 5 aromatic rings. The van der Waals surface area contributed by atoms with E-state index in [2.05, 4.69) is 22.7 Å². The minimum Gasteiger partial charge on any atom is -0.274 e. The Kier molecular flexibility index (Phi) is 5.66. The van der Waals surface area contributed by atoms with E-state index in [1.54, 1.807) is 6.21 Å². The molecule has 0 saturated carbocycles. The van der Waals surface area contributed by atoms with E-state index in [4.69, 9.17) is 0 Å². The van der Waals surface area contributed by atoms with Crippen molar-refractivity contribution in [3.8, 4) is 0 Å². The van der Waals surface area contributed by atoms with E-state index in [9.17, 15) is 14.4 Å². The Morgan fingerprint density at radius 2 is 1.37 bits per heavy atom. The fourth-order valence-electron chi connectivity index (χ4n) is 7.72. The van der Waals surface area contributed by atoms with Crippen LogP contribution in [0.5, 0.6) is 0 Å². The van der Waals surface area contributed by atoms with Crippen LogP contribution in [0.4, 0.5) is 5.69 Å². The number of nitrogens with one attached hydrogen (secondary N) is 1. The fraction of sp³-hybridized carbons (Fsp3) is 0.135. The Labute approximate surface area is 248 Å². The fourth-order valence-corrected chi connectivity index (χ4v) is 7.72. The van der Waals surface area contributed by atoms with Crippen LogP contribution in [0.2, 0.25) is 0 Å². The molecule has 6 heteroatoms. The maximum atomic E-state index is 14.7. The monoisotopic (exact) mass is 561 g/mol. The summed E-state index contributed by atoms with van der Waals surface area (Å²) >= 11 is 0. The Hall–Kier alpha value is -5.36. The van der Waals surface area contributed by atoms with Crippen LogP contribution in [0.25, 0.3) is 10.8 Å². The average molecular weight is 562 g/mol. The Bertz CT molecular complexity index is 1930. The highest BCUT2D eigenvalue weighted by molar-refractivity contribution is 6.27. The molecule has 1 heterocycles. The van der Waals surface area contributed by atoms with Crippen LogP contribution in [-0.2, 0) is 26.2 Å². The zero-order valence-electron chi connectivity index (χ0n) is 23.2. The summed E-state index contributed by atoms with van der Waals surface area (Å²) < 4.78 is 0. The molecule has 43 heavy (non-hydrogen) atoms. The summed E-state index contributed by atoms with van der Waals surface area (Å²) in [6, 6.07) is 39.1. The molecule has 2 bridgehead atoms. The quantitative estimate of drug-likeness (QED) is 0.169. The number of amides is 3. The first-order valence-electron chi connectivity index (χ1n) is 14.5. The molecule has 0 spiro atoms. The van der Waals surface area contributed by atoms with E-state index in [1.165, 1.54) is 4.90 Å². The first-order chi connectivity index (χ1) is 21.1. The van der Waals surface area contributed by atoms with E-state index in [-0.39, 0.29) is 30.1 Å². The van der Waals surface area contributed by atoms with E-state index in [0.717, 1.165) is 38.6 Å². The predicted molar refractivity (Wildman–Crippen MR) is 166 cm³/mol. The molecular weight excluding hydrogens is 534 g/mol. The summed E-state index contributed by atoms with van der Waals surface area (Å²) in [4.78, 5) is 43.5. The van der Waals surface area contributed by atoms with E-state index in [1.807, 2.05) is 109 Å². The third-order valence-corrected chi connectivity index (χ3v) is 9.36. The van der Waals surface area contributed by atoms with E-state index >= 15 is 0 Å². The van der Waals surface area contributed by atoms with Crippen molar-refractivity contribution in [1.82, 2.24) is 5.43 Å². The van der Waals surface area contributed by atoms with Crippen LogP contribution in [0.1, 0.15) is 33.7 Å². The molecule has 1 aliphatic heterocycles. The number of fused-ring (bicyclic) bond motifs is 1.